The summed E-state index contributed by atoms with van der Waals surface area (Å²) >= 11 is 0. The Kier molecular flexibility index (Phi) is 6.67. The van der Waals surface area contributed by atoms with Crippen molar-refractivity contribution in [2.45, 2.75) is 32.9 Å². The molecule has 4 heteroatoms. The van der Waals surface area contributed by atoms with Crippen LogP contribution in [0.25, 0.3) is 0 Å². The number of rotatable bonds is 8. The van der Waals surface area contributed by atoms with E-state index in [9.17, 15) is 5.11 Å². The number of hydrogen-bond donors (Lipinski definition) is 1. The molecule has 0 saturated heterocycles. The van der Waals surface area contributed by atoms with E-state index in [0.29, 0.717) is 24.9 Å². The fourth-order valence-corrected chi connectivity index (χ4v) is 1.96. The number of benzene rings is 1. The number of phenolic OH excluding ortho intramolecular Hbond substituents is 1. The fourth-order valence-electron chi connectivity index (χ4n) is 1.96. The molecular formula is C15H25NO3. The molecule has 4 nitrogen and oxygen atoms in total. The highest BCUT2D eigenvalue weighted by atomic mass is 16.5. The first-order chi connectivity index (χ1) is 9.12. The highest BCUT2D eigenvalue weighted by Crippen LogP contribution is 2.25. The van der Waals surface area contributed by atoms with Crippen LogP contribution in [0.1, 0.15) is 25.8 Å². The highest BCUT2D eigenvalue weighted by molar-refractivity contribution is 5.39. The fraction of sp³-hybridized carbons (Fsp3) is 0.600. The minimum Gasteiger partial charge on any atom is -0.508 e. The first-order valence-corrected chi connectivity index (χ1v) is 6.71. The van der Waals surface area contributed by atoms with Gasteiger partial charge >= 0.3 is 0 Å². The molecule has 1 aromatic carbocycles. The summed E-state index contributed by atoms with van der Waals surface area (Å²) < 4.78 is 10.4. The van der Waals surface area contributed by atoms with E-state index < -0.39 is 0 Å². The summed E-state index contributed by atoms with van der Waals surface area (Å²) in [4.78, 5) is 2.30. The van der Waals surface area contributed by atoms with Gasteiger partial charge in [0.05, 0.1) is 13.7 Å². The van der Waals surface area contributed by atoms with E-state index >= 15 is 0 Å². The first-order valence-electron chi connectivity index (χ1n) is 6.71. The van der Waals surface area contributed by atoms with E-state index in [1.54, 1.807) is 26.4 Å². The standard InChI is InChI=1S/C15H25NO3/c1-5-12(2)16(8-9-18-3)11-13-10-14(19-4)6-7-15(13)17/h6-7,10,12,17H,5,8-9,11H2,1-4H3. The Morgan fingerprint density at radius 3 is 2.63 bits per heavy atom. The first kappa shape index (κ1) is 15.8. The van der Waals surface area contributed by atoms with E-state index in [1.165, 1.54) is 0 Å². The van der Waals surface area contributed by atoms with Gasteiger partial charge in [0.2, 0.25) is 0 Å². The van der Waals surface area contributed by atoms with Crippen molar-refractivity contribution in [3.63, 3.8) is 0 Å². The molecule has 1 rings (SSSR count). The number of phenols is 1. The van der Waals surface area contributed by atoms with E-state index in [-0.39, 0.29) is 0 Å². The molecule has 1 unspecified atom stereocenters. The molecule has 1 N–H and O–H groups in total. The highest BCUT2D eigenvalue weighted by Gasteiger charge is 2.14. The third kappa shape index (κ3) is 4.73. The van der Waals surface area contributed by atoms with Crippen LogP contribution in [0.3, 0.4) is 0 Å². The van der Waals surface area contributed by atoms with E-state index in [1.807, 2.05) is 6.07 Å². The molecule has 0 spiro atoms. The van der Waals surface area contributed by atoms with Gasteiger partial charge in [0.15, 0.2) is 0 Å². The van der Waals surface area contributed by atoms with Crippen LogP contribution < -0.4 is 4.74 Å². The molecule has 0 aliphatic rings. The molecule has 0 bridgehead atoms. The van der Waals surface area contributed by atoms with Crippen LogP contribution in [0, 0.1) is 0 Å². The zero-order valence-corrected chi connectivity index (χ0v) is 12.3. The van der Waals surface area contributed by atoms with Gasteiger partial charge in [-0.3, -0.25) is 4.90 Å². The Morgan fingerprint density at radius 1 is 1.32 bits per heavy atom. The molecule has 0 fully saturated rings. The second-order valence-corrected chi connectivity index (χ2v) is 4.72. The van der Waals surface area contributed by atoms with Crippen molar-refractivity contribution in [3.8, 4) is 11.5 Å². The van der Waals surface area contributed by atoms with Gasteiger partial charge in [-0.2, -0.15) is 0 Å². The minimum absolute atomic E-state index is 0.312. The molecule has 19 heavy (non-hydrogen) atoms. The van der Waals surface area contributed by atoms with E-state index in [0.717, 1.165) is 24.3 Å². The van der Waals surface area contributed by atoms with Crippen LogP contribution in [0.5, 0.6) is 11.5 Å². The largest absolute Gasteiger partial charge is 0.508 e. The van der Waals surface area contributed by atoms with Crippen molar-refractivity contribution in [3.05, 3.63) is 23.8 Å². The van der Waals surface area contributed by atoms with Crippen molar-refractivity contribution in [2.24, 2.45) is 0 Å². The Labute approximate surface area is 115 Å². The Morgan fingerprint density at radius 2 is 2.05 bits per heavy atom. The lowest BCUT2D eigenvalue weighted by molar-refractivity contribution is 0.117. The maximum absolute atomic E-state index is 9.95. The Bertz CT molecular complexity index is 382. The van der Waals surface area contributed by atoms with Gasteiger partial charge in [-0.05, 0) is 31.5 Å². The van der Waals surface area contributed by atoms with Crippen LogP contribution >= 0.6 is 0 Å². The van der Waals surface area contributed by atoms with Crippen LogP contribution in [0.15, 0.2) is 18.2 Å². The van der Waals surface area contributed by atoms with Crippen LogP contribution in [-0.2, 0) is 11.3 Å². The van der Waals surface area contributed by atoms with Gasteiger partial charge in [0, 0.05) is 31.8 Å². The molecule has 108 valence electrons. The quantitative estimate of drug-likeness (QED) is 0.786. The minimum atomic E-state index is 0.312. The molecule has 1 aromatic rings. The zero-order chi connectivity index (χ0) is 14.3. The predicted octanol–water partition coefficient (Wildman–Crippen LogP) is 2.65. The van der Waals surface area contributed by atoms with Gasteiger partial charge in [-0.15, -0.1) is 0 Å². The molecular weight excluding hydrogens is 242 g/mol. The van der Waals surface area contributed by atoms with Crippen LogP contribution in [0.2, 0.25) is 0 Å². The second-order valence-electron chi connectivity index (χ2n) is 4.72. The second kappa shape index (κ2) is 8.02. The van der Waals surface area contributed by atoms with E-state index in [2.05, 4.69) is 18.7 Å². The third-order valence-electron chi connectivity index (χ3n) is 3.46. The van der Waals surface area contributed by atoms with Gasteiger partial charge in [-0.25, -0.2) is 0 Å². The average Bonchev–Trinajstić information content (AvgIpc) is 2.44. The molecule has 1 atom stereocenters. The maximum atomic E-state index is 9.95. The number of ether oxygens (including phenoxy) is 2. The average molecular weight is 267 g/mol. The summed E-state index contributed by atoms with van der Waals surface area (Å²) in [6, 6.07) is 5.78. The van der Waals surface area contributed by atoms with Crippen molar-refractivity contribution in [1.29, 1.82) is 0 Å². The van der Waals surface area contributed by atoms with Gasteiger partial charge < -0.3 is 14.6 Å². The molecule has 0 saturated carbocycles. The van der Waals surface area contributed by atoms with Gasteiger partial charge in [0.1, 0.15) is 11.5 Å². The van der Waals surface area contributed by atoms with Crippen LogP contribution in [-0.4, -0.2) is 43.4 Å². The molecule has 0 aliphatic heterocycles. The summed E-state index contributed by atoms with van der Waals surface area (Å²) in [6.45, 7) is 6.58. The summed E-state index contributed by atoms with van der Waals surface area (Å²) in [5, 5.41) is 9.95. The maximum Gasteiger partial charge on any atom is 0.120 e. The number of nitrogens with zero attached hydrogens (tertiary/aromatic N) is 1. The number of aromatic hydroxyl groups is 1. The smallest absolute Gasteiger partial charge is 0.120 e. The van der Waals surface area contributed by atoms with Crippen molar-refractivity contribution in [1.82, 2.24) is 4.90 Å². The lowest BCUT2D eigenvalue weighted by Gasteiger charge is -2.28. The lowest BCUT2D eigenvalue weighted by Crippen LogP contribution is -2.34. The Hall–Kier alpha value is -1.26. The van der Waals surface area contributed by atoms with Gasteiger partial charge in [0.25, 0.3) is 0 Å². The SMILES string of the molecule is CCC(C)N(CCOC)Cc1cc(OC)ccc1O. The molecule has 0 radical (unpaired) electrons. The summed E-state index contributed by atoms with van der Waals surface area (Å²) in [7, 11) is 3.34. The normalized spacial score (nSPS) is 12.7. The van der Waals surface area contributed by atoms with E-state index in [4.69, 9.17) is 9.47 Å². The van der Waals surface area contributed by atoms with Crippen LogP contribution in [0.4, 0.5) is 0 Å². The topological polar surface area (TPSA) is 41.9 Å². The van der Waals surface area contributed by atoms with Crippen molar-refractivity contribution in [2.75, 3.05) is 27.4 Å². The summed E-state index contributed by atoms with van der Waals surface area (Å²) in [6.07, 6.45) is 1.06. The molecule has 0 aliphatic carbocycles. The monoisotopic (exact) mass is 267 g/mol. The summed E-state index contributed by atoms with van der Waals surface area (Å²) in [5.41, 5.74) is 0.885. The number of hydrogen-bond acceptors (Lipinski definition) is 4. The van der Waals surface area contributed by atoms with Crippen molar-refractivity contribution < 1.29 is 14.6 Å². The zero-order valence-electron chi connectivity index (χ0n) is 12.3. The number of methoxy groups -OCH3 is 2. The predicted molar refractivity (Wildman–Crippen MR) is 76.7 cm³/mol. The summed E-state index contributed by atoms with van der Waals surface area (Å²) in [5.74, 6) is 1.08. The Balaban J connectivity index is 2.82. The third-order valence-corrected chi connectivity index (χ3v) is 3.46. The molecule has 0 heterocycles. The molecule has 0 aromatic heterocycles. The van der Waals surface area contributed by atoms with Gasteiger partial charge in [-0.1, -0.05) is 6.92 Å². The molecule has 0 amide bonds. The lowest BCUT2D eigenvalue weighted by atomic mass is 10.1. The van der Waals surface area contributed by atoms with Crippen molar-refractivity contribution >= 4 is 0 Å².